The van der Waals surface area contributed by atoms with Gasteiger partial charge >= 0.3 is 5.97 Å². The van der Waals surface area contributed by atoms with E-state index in [0.29, 0.717) is 0 Å². The van der Waals surface area contributed by atoms with E-state index in [0.717, 1.165) is 0 Å². The van der Waals surface area contributed by atoms with Crippen molar-refractivity contribution in [1.29, 1.82) is 0 Å². The molecule has 0 aliphatic rings. The van der Waals surface area contributed by atoms with Gasteiger partial charge in [0.25, 0.3) is 5.91 Å². The molecule has 1 amide bonds. The molecule has 3 N–H and O–H groups in total. The van der Waals surface area contributed by atoms with Crippen molar-refractivity contribution >= 4 is 11.9 Å². The number of amides is 1. The number of aliphatic hydroxyl groups excluding tert-OH is 2. The number of hydrogen-bond acceptors (Lipinski definition) is 4. The average molecular weight is 256 g/mol. The van der Waals surface area contributed by atoms with Gasteiger partial charge in [0, 0.05) is 19.3 Å². The van der Waals surface area contributed by atoms with E-state index in [4.69, 9.17) is 15.3 Å². The highest BCUT2D eigenvalue weighted by molar-refractivity contribution is 5.93. The second-order valence-corrected chi connectivity index (χ2v) is 3.65. The molecular weight excluding hydrogens is 240 g/mol. The lowest BCUT2D eigenvalue weighted by atomic mass is 10.3. The minimum Gasteiger partial charge on any atom is -0.480 e. The molecule has 0 atom stereocenters. The maximum absolute atomic E-state index is 12.1. The summed E-state index contributed by atoms with van der Waals surface area (Å²) >= 11 is 0. The van der Waals surface area contributed by atoms with Crippen molar-refractivity contribution in [2.45, 2.75) is 6.54 Å². The van der Waals surface area contributed by atoms with Gasteiger partial charge in [-0.25, -0.2) is 0 Å². The lowest BCUT2D eigenvalue weighted by molar-refractivity contribution is -0.137. The molecule has 1 aromatic heterocycles. The predicted octanol–water partition coefficient (Wildman–Crippen LogP) is -1.00. The summed E-state index contributed by atoms with van der Waals surface area (Å²) in [6, 6.07) is 3.08. The van der Waals surface area contributed by atoms with Crippen LogP contribution in [0.3, 0.4) is 0 Å². The lowest BCUT2D eigenvalue weighted by Gasteiger charge is -2.21. The standard InChI is InChI=1S/C11H16N2O5/c14-6-4-12(5-7-15)11(18)9-2-1-3-13(9)8-10(16)17/h1-3,14-15H,4-8H2,(H,16,17). The van der Waals surface area contributed by atoms with Crippen molar-refractivity contribution in [3.05, 3.63) is 24.0 Å². The zero-order valence-corrected chi connectivity index (χ0v) is 9.82. The molecule has 0 aliphatic carbocycles. The van der Waals surface area contributed by atoms with Gasteiger partial charge in [-0.15, -0.1) is 0 Å². The molecule has 0 aromatic carbocycles. The highest BCUT2D eigenvalue weighted by Gasteiger charge is 2.18. The van der Waals surface area contributed by atoms with Crippen molar-refractivity contribution in [2.24, 2.45) is 0 Å². The summed E-state index contributed by atoms with van der Waals surface area (Å²) in [6.45, 7) is -0.549. The zero-order chi connectivity index (χ0) is 13.5. The van der Waals surface area contributed by atoms with Crippen LogP contribution in [0.2, 0.25) is 0 Å². The van der Waals surface area contributed by atoms with Crippen LogP contribution in [0.4, 0.5) is 0 Å². The minimum absolute atomic E-state index is 0.0949. The molecule has 100 valence electrons. The molecule has 18 heavy (non-hydrogen) atoms. The summed E-state index contributed by atoms with van der Waals surface area (Å²) in [7, 11) is 0. The van der Waals surface area contributed by atoms with Crippen LogP contribution in [0.15, 0.2) is 18.3 Å². The second-order valence-electron chi connectivity index (χ2n) is 3.65. The predicted molar refractivity (Wildman–Crippen MR) is 62.1 cm³/mol. The first-order valence-corrected chi connectivity index (χ1v) is 5.48. The largest absolute Gasteiger partial charge is 0.480 e. The van der Waals surface area contributed by atoms with Gasteiger partial charge in [0.05, 0.1) is 13.2 Å². The first kappa shape index (κ1) is 14.2. The van der Waals surface area contributed by atoms with Gasteiger partial charge in [0.1, 0.15) is 12.2 Å². The Bertz CT molecular complexity index is 409. The first-order chi connectivity index (χ1) is 8.60. The van der Waals surface area contributed by atoms with Crippen LogP contribution in [0.1, 0.15) is 10.5 Å². The third kappa shape index (κ3) is 3.57. The van der Waals surface area contributed by atoms with Crippen LogP contribution in [0.5, 0.6) is 0 Å². The van der Waals surface area contributed by atoms with E-state index < -0.39 is 11.9 Å². The second kappa shape index (κ2) is 6.77. The Labute approximate surface area is 104 Å². The SMILES string of the molecule is O=C(O)Cn1cccc1C(=O)N(CCO)CCO. The molecule has 0 spiro atoms. The molecule has 0 aliphatic heterocycles. The van der Waals surface area contributed by atoms with Crippen LogP contribution in [0, 0.1) is 0 Å². The fourth-order valence-electron chi connectivity index (χ4n) is 1.61. The number of carbonyl (C=O) groups is 2. The number of aromatic nitrogens is 1. The molecule has 0 unspecified atom stereocenters. The maximum atomic E-state index is 12.1. The quantitative estimate of drug-likeness (QED) is 0.580. The Morgan fingerprint density at radius 2 is 1.83 bits per heavy atom. The van der Waals surface area contributed by atoms with Crippen LogP contribution >= 0.6 is 0 Å². The van der Waals surface area contributed by atoms with Crippen molar-refractivity contribution in [3.63, 3.8) is 0 Å². The van der Waals surface area contributed by atoms with Crippen LogP contribution in [-0.4, -0.2) is 63.0 Å². The molecule has 0 fully saturated rings. The number of hydrogen-bond donors (Lipinski definition) is 3. The van der Waals surface area contributed by atoms with Gasteiger partial charge < -0.3 is 24.8 Å². The van der Waals surface area contributed by atoms with Crippen LogP contribution in [0.25, 0.3) is 0 Å². The van der Waals surface area contributed by atoms with Crippen molar-refractivity contribution in [2.75, 3.05) is 26.3 Å². The van der Waals surface area contributed by atoms with Crippen molar-refractivity contribution in [3.8, 4) is 0 Å². The highest BCUT2D eigenvalue weighted by Crippen LogP contribution is 2.07. The number of carboxylic acids is 1. The lowest BCUT2D eigenvalue weighted by Crippen LogP contribution is -2.37. The van der Waals surface area contributed by atoms with Gasteiger partial charge in [-0.3, -0.25) is 9.59 Å². The number of carboxylic acid groups (broad SMARTS) is 1. The highest BCUT2D eigenvalue weighted by atomic mass is 16.4. The third-order valence-electron chi connectivity index (χ3n) is 2.38. The van der Waals surface area contributed by atoms with Crippen LogP contribution < -0.4 is 0 Å². The van der Waals surface area contributed by atoms with Gasteiger partial charge in [0.2, 0.25) is 0 Å². The van der Waals surface area contributed by atoms with E-state index in [2.05, 4.69) is 0 Å². The molecule has 0 bridgehead atoms. The zero-order valence-electron chi connectivity index (χ0n) is 9.82. The Kier molecular flexibility index (Phi) is 5.34. The fourth-order valence-corrected chi connectivity index (χ4v) is 1.61. The number of carbonyl (C=O) groups excluding carboxylic acids is 1. The Balaban J connectivity index is 2.87. The Hall–Kier alpha value is -1.86. The van der Waals surface area contributed by atoms with Crippen LogP contribution in [-0.2, 0) is 11.3 Å². The summed E-state index contributed by atoms with van der Waals surface area (Å²) < 4.78 is 1.31. The van der Waals surface area contributed by atoms with Crippen molar-refractivity contribution in [1.82, 2.24) is 9.47 Å². The maximum Gasteiger partial charge on any atom is 0.323 e. The molecule has 7 nitrogen and oxygen atoms in total. The summed E-state index contributed by atoms with van der Waals surface area (Å²) in [5, 5.41) is 26.4. The molecule has 0 radical (unpaired) electrons. The van der Waals surface area contributed by atoms with E-state index >= 15 is 0 Å². The van der Waals surface area contributed by atoms with Gasteiger partial charge in [-0.05, 0) is 12.1 Å². The van der Waals surface area contributed by atoms with E-state index in [1.807, 2.05) is 0 Å². The number of aliphatic carboxylic acids is 1. The first-order valence-electron chi connectivity index (χ1n) is 5.48. The summed E-state index contributed by atoms with van der Waals surface area (Å²) in [5.41, 5.74) is 0.222. The Morgan fingerprint density at radius 3 is 2.33 bits per heavy atom. The van der Waals surface area contributed by atoms with Gasteiger partial charge in [-0.1, -0.05) is 0 Å². The summed E-state index contributed by atoms with van der Waals surface area (Å²) in [5.74, 6) is -1.46. The molecule has 1 rings (SSSR count). The van der Waals surface area contributed by atoms with Crippen molar-refractivity contribution < 1.29 is 24.9 Å². The topological polar surface area (TPSA) is 103 Å². The monoisotopic (exact) mass is 256 g/mol. The van der Waals surface area contributed by atoms with Gasteiger partial charge in [-0.2, -0.15) is 0 Å². The number of aliphatic hydroxyl groups is 2. The smallest absolute Gasteiger partial charge is 0.323 e. The molecule has 0 saturated heterocycles. The number of rotatable bonds is 7. The van der Waals surface area contributed by atoms with E-state index in [-0.39, 0.29) is 38.5 Å². The molecule has 1 aromatic rings. The summed E-state index contributed by atoms with van der Waals surface area (Å²) in [6.07, 6.45) is 1.50. The number of nitrogens with zero attached hydrogens (tertiary/aromatic N) is 2. The molecule has 1 heterocycles. The Morgan fingerprint density at radius 1 is 1.22 bits per heavy atom. The fraction of sp³-hybridized carbons (Fsp3) is 0.455. The van der Waals surface area contributed by atoms with E-state index in [1.165, 1.54) is 21.7 Å². The minimum atomic E-state index is -1.05. The normalized spacial score (nSPS) is 10.3. The van der Waals surface area contributed by atoms with E-state index in [1.54, 1.807) is 6.07 Å². The third-order valence-corrected chi connectivity index (χ3v) is 2.38. The molecule has 0 saturated carbocycles. The van der Waals surface area contributed by atoms with Gasteiger partial charge in [0.15, 0.2) is 0 Å². The molecule has 7 heteroatoms. The average Bonchev–Trinajstić information content (AvgIpc) is 2.75. The molecular formula is C11H16N2O5. The van der Waals surface area contributed by atoms with E-state index in [9.17, 15) is 9.59 Å². The summed E-state index contributed by atoms with van der Waals surface area (Å²) in [4.78, 5) is 24.0.